The second-order valence-corrected chi connectivity index (χ2v) is 5.12. The quantitative estimate of drug-likeness (QED) is 0.765. The van der Waals surface area contributed by atoms with E-state index in [9.17, 15) is 5.11 Å². The fourth-order valence-electron chi connectivity index (χ4n) is 2.38. The lowest BCUT2D eigenvalue weighted by Gasteiger charge is -2.23. The molecule has 0 saturated heterocycles. The Morgan fingerprint density at radius 2 is 1.88 bits per heavy atom. The first-order chi connectivity index (χ1) is 8.10. The Morgan fingerprint density at radius 1 is 1.18 bits per heavy atom. The lowest BCUT2D eigenvalue weighted by molar-refractivity contribution is 0.0983. The Morgan fingerprint density at radius 3 is 2.47 bits per heavy atom. The van der Waals surface area contributed by atoms with Crippen LogP contribution in [0.15, 0.2) is 18.2 Å². The third kappa shape index (κ3) is 3.85. The summed E-state index contributed by atoms with van der Waals surface area (Å²) in [6, 6.07) is 6.35. The van der Waals surface area contributed by atoms with Gasteiger partial charge in [-0.1, -0.05) is 56.9 Å². The van der Waals surface area contributed by atoms with Crippen LogP contribution in [-0.4, -0.2) is 5.11 Å². The lowest BCUT2D eigenvalue weighted by Crippen LogP contribution is -2.13. The summed E-state index contributed by atoms with van der Waals surface area (Å²) in [6.07, 6.45) is 4.29. The highest BCUT2D eigenvalue weighted by Gasteiger charge is 2.20. The van der Waals surface area contributed by atoms with Gasteiger partial charge >= 0.3 is 0 Å². The largest absolute Gasteiger partial charge is 0.388 e. The molecule has 0 heterocycles. The van der Waals surface area contributed by atoms with Crippen LogP contribution in [0, 0.1) is 19.8 Å². The molecule has 1 aromatic carbocycles. The van der Waals surface area contributed by atoms with E-state index in [1.165, 1.54) is 24.0 Å². The molecule has 1 N–H and O–H groups in total. The Balaban J connectivity index is 2.85. The number of aliphatic hydroxyl groups excluding tert-OH is 1. The van der Waals surface area contributed by atoms with E-state index in [0.29, 0.717) is 5.92 Å². The molecule has 1 rings (SSSR count). The molecule has 2 unspecified atom stereocenters. The van der Waals surface area contributed by atoms with Crippen molar-refractivity contribution in [1.82, 2.24) is 0 Å². The van der Waals surface area contributed by atoms with Gasteiger partial charge in [0.05, 0.1) is 6.10 Å². The Labute approximate surface area is 106 Å². The standard InChI is InChI=1S/C16H26O/c1-5-7-8-14(6-2)16(17)15-11-12(3)9-10-13(15)4/h9-11,14,16-17H,5-8H2,1-4H3. The molecule has 0 aromatic heterocycles. The second kappa shape index (κ2) is 6.80. The number of aryl methyl sites for hydroxylation is 2. The first-order valence-corrected chi connectivity index (χ1v) is 6.85. The second-order valence-electron chi connectivity index (χ2n) is 5.12. The number of rotatable bonds is 6. The number of unbranched alkanes of at least 4 members (excludes halogenated alkanes) is 1. The van der Waals surface area contributed by atoms with Crippen LogP contribution >= 0.6 is 0 Å². The van der Waals surface area contributed by atoms with Crippen LogP contribution in [0.3, 0.4) is 0 Å². The predicted octanol–water partition coefficient (Wildman–Crippen LogP) is 4.55. The van der Waals surface area contributed by atoms with E-state index in [4.69, 9.17) is 0 Å². The zero-order chi connectivity index (χ0) is 12.8. The monoisotopic (exact) mass is 234 g/mol. The van der Waals surface area contributed by atoms with Crippen LogP contribution in [0.1, 0.15) is 62.3 Å². The molecule has 1 nitrogen and oxygen atoms in total. The van der Waals surface area contributed by atoms with Gasteiger partial charge in [0, 0.05) is 0 Å². The molecule has 0 radical (unpaired) electrons. The Kier molecular flexibility index (Phi) is 5.70. The van der Waals surface area contributed by atoms with Crippen molar-refractivity contribution in [3.05, 3.63) is 34.9 Å². The van der Waals surface area contributed by atoms with Crippen molar-refractivity contribution in [3.8, 4) is 0 Å². The minimum absolute atomic E-state index is 0.300. The third-order valence-electron chi connectivity index (χ3n) is 3.65. The fraction of sp³-hybridized carbons (Fsp3) is 0.625. The van der Waals surface area contributed by atoms with Gasteiger partial charge in [-0.15, -0.1) is 0 Å². The van der Waals surface area contributed by atoms with Gasteiger partial charge in [0.25, 0.3) is 0 Å². The van der Waals surface area contributed by atoms with Crippen LogP contribution in [-0.2, 0) is 0 Å². The maximum absolute atomic E-state index is 10.5. The van der Waals surface area contributed by atoms with E-state index < -0.39 is 0 Å². The minimum atomic E-state index is -0.300. The normalized spacial score (nSPS) is 14.6. The maximum Gasteiger partial charge on any atom is 0.0820 e. The molecule has 0 spiro atoms. The number of hydrogen-bond acceptors (Lipinski definition) is 1. The summed E-state index contributed by atoms with van der Waals surface area (Å²) in [5, 5.41) is 10.5. The average Bonchev–Trinajstić information content (AvgIpc) is 2.33. The van der Waals surface area contributed by atoms with Gasteiger partial charge in [0.15, 0.2) is 0 Å². The predicted molar refractivity (Wildman–Crippen MR) is 74.2 cm³/mol. The van der Waals surface area contributed by atoms with Crippen molar-refractivity contribution in [1.29, 1.82) is 0 Å². The van der Waals surface area contributed by atoms with E-state index in [-0.39, 0.29) is 6.10 Å². The highest BCUT2D eigenvalue weighted by Crippen LogP contribution is 2.31. The van der Waals surface area contributed by atoms with E-state index in [0.717, 1.165) is 18.4 Å². The van der Waals surface area contributed by atoms with Crippen LogP contribution in [0.5, 0.6) is 0 Å². The lowest BCUT2D eigenvalue weighted by atomic mass is 9.87. The summed E-state index contributed by atoms with van der Waals surface area (Å²) in [7, 11) is 0. The summed E-state index contributed by atoms with van der Waals surface area (Å²) in [5.74, 6) is 0.399. The number of hydrogen-bond donors (Lipinski definition) is 1. The van der Waals surface area contributed by atoms with E-state index in [1.54, 1.807) is 0 Å². The molecule has 2 atom stereocenters. The molecular formula is C16H26O. The summed E-state index contributed by atoms with van der Waals surface area (Å²) >= 11 is 0. The number of aliphatic hydroxyl groups is 1. The van der Waals surface area contributed by atoms with Crippen LogP contribution in [0.4, 0.5) is 0 Å². The Hall–Kier alpha value is -0.820. The molecule has 17 heavy (non-hydrogen) atoms. The molecule has 0 aliphatic rings. The highest BCUT2D eigenvalue weighted by atomic mass is 16.3. The van der Waals surface area contributed by atoms with Crippen molar-refractivity contribution >= 4 is 0 Å². The van der Waals surface area contributed by atoms with Gasteiger partial charge in [-0.25, -0.2) is 0 Å². The molecule has 96 valence electrons. The van der Waals surface area contributed by atoms with E-state index in [2.05, 4.69) is 45.9 Å². The van der Waals surface area contributed by atoms with Crippen LogP contribution in [0.2, 0.25) is 0 Å². The maximum atomic E-state index is 10.5. The number of benzene rings is 1. The Bertz CT molecular complexity index is 343. The molecule has 0 bridgehead atoms. The molecule has 0 aliphatic heterocycles. The van der Waals surface area contributed by atoms with Crippen molar-refractivity contribution in [2.24, 2.45) is 5.92 Å². The van der Waals surface area contributed by atoms with Gasteiger partial charge in [0.2, 0.25) is 0 Å². The van der Waals surface area contributed by atoms with Crippen molar-refractivity contribution in [2.45, 2.75) is 59.5 Å². The summed E-state index contributed by atoms with van der Waals surface area (Å²) in [4.78, 5) is 0. The molecule has 0 amide bonds. The van der Waals surface area contributed by atoms with Gasteiger partial charge in [-0.2, -0.15) is 0 Å². The smallest absolute Gasteiger partial charge is 0.0820 e. The fourth-order valence-corrected chi connectivity index (χ4v) is 2.38. The molecular weight excluding hydrogens is 208 g/mol. The summed E-state index contributed by atoms with van der Waals surface area (Å²) < 4.78 is 0. The zero-order valence-electron chi connectivity index (χ0n) is 11.7. The topological polar surface area (TPSA) is 20.2 Å². The molecule has 0 aliphatic carbocycles. The average molecular weight is 234 g/mol. The minimum Gasteiger partial charge on any atom is -0.388 e. The molecule has 1 heteroatoms. The summed E-state index contributed by atoms with van der Waals surface area (Å²) in [6.45, 7) is 8.55. The van der Waals surface area contributed by atoms with Gasteiger partial charge < -0.3 is 5.11 Å². The van der Waals surface area contributed by atoms with Gasteiger partial charge in [-0.05, 0) is 37.3 Å². The van der Waals surface area contributed by atoms with Gasteiger partial charge in [-0.3, -0.25) is 0 Å². The van der Waals surface area contributed by atoms with Gasteiger partial charge in [0.1, 0.15) is 0 Å². The molecule has 1 aromatic rings. The first kappa shape index (κ1) is 14.2. The first-order valence-electron chi connectivity index (χ1n) is 6.85. The van der Waals surface area contributed by atoms with Crippen molar-refractivity contribution in [3.63, 3.8) is 0 Å². The SMILES string of the molecule is CCCCC(CC)C(O)c1cc(C)ccc1C. The molecule has 0 saturated carbocycles. The third-order valence-corrected chi connectivity index (χ3v) is 3.65. The highest BCUT2D eigenvalue weighted by molar-refractivity contribution is 5.32. The summed E-state index contributed by atoms with van der Waals surface area (Å²) in [5.41, 5.74) is 3.56. The molecule has 0 fully saturated rings. The zero-order valence-corrected chi connectivity index (χ0v) is 11.7. The van der Waals surface area contributed by atoms with Crippen molar-refractivity contribution < 1.29 is 5.11 Å². The van der Waals surface area contributed by atoms with Crippen LogP contribution < -0.4 is 0 Å². The van der Waals surface area contributed by atoms with Crippen LogP contribution in [0.25, 0.3) is 0 Å². The van der Waals surface area contributed by atoms with Crippen molar-refractivity contribution in [2.75, 3.05) is 0 Å². The van der Waals surface area contributed by atoms with E-state index in [1.807, 2.05) is 0 Å². The van der Waals surface area contributed by atoms with E-state index >= 15 is 0 Å².